The SMILES string of the molecule is O=C1CC(C(=O)N(C2CCC2)C2CCC2)CN1OCc1ccccc1. The van der Waals surface area contributed by atoms with E-state index >= 15 is 0 Å². The first-order valence-corrected chi connectivity index (χ1v) is 9.52. The Morgan fingerprint density at radius 2 is 1.72 bits per heavy atom. The number of nitrogens with zero attached hydrogens (tertiary/aromatic N) is 2. The molecule has 3 aliphatic rings. The van der Waals surface area contributed by atoms with Crippen LogP contribution in [0.2, 0.25) is 0 Å². The number of carbonyl (C=O) groups excluding carboxylic acids is 2. The summed E-state index contributed by atoms with van der Waals surface area (Å²) >= 11 is 0. The van der Waals surface area contributed by atoms with E-state index in [9.17, 15) is 9.59 Å². The van der Waals surface area contributed by atoms with Crippen LogP contribution in [-0.4, -0.2) is 40.4 Å². The summed E-state index contributed by atoms with van der Waals surface area (Å²) in [5, 5.41) is 1.40. The third-order valence-corrected chi connectivity index (χ3v) is 5.86. The summed E-state index contributed by atoms with van der Waals surface area (Å²) in [5.74, 6) is -0.144. The molecule has 1 heterocycles. The molecule has 0 N–H and O–H groups in total. The highest BCUT2D eigenvalue weighted by Gasteiger charge is 2.43. The Bertz CT molecular complexity index is 611. The van der Waals surface area contributed by atoms with Crippen molar-refractivity contribution in [1.82, 2.24) is 9.96 Å². The van der Waals surface area contributed by atoms with E-state index in [0.29, 0.717) is 25.2 Å². The van der Waals surface area contributed by atoms with Crippen LogP contribution < -0.4 is 0 Å². The summed E-state index contributed by atoms with van der Waals surface area (Å²) in [7, 11) is 0. The number of hydrogen-bond acceptors (Lipinski definition) is 3. The van der Waals surface area contributed by atoms with E-state index in [0.717, 1.165) is 31.2 Å². The smallest absolute Gasteiger partial charge is 0.247 e. The van der Waals surface area contributed by atoms with Crippen molar-refractivity contribution >= 4 is 11.8 Å². The van der Waals surface area contributed by atoms with E-state index in [1.54, 1.807) is 0 Å². The van der Waals surface area contributed by atoms with Gasteiger partial charge >= 0.3 is 0 Å². The number of amides is 2. The summed E-state index contributed by atoms with van der Waals surface area (Å²) in [6.45, 7) is 0.753. The van der Waals surface area contributed by atoms with E-state index in [1.165, 1.54) is 17.9 Å². The first-order valence-electron chi connectivity index (χ1n) is 9.52. The van der Waals surface area contributed by atoms with Gasteiger partial charge in [-0.25, -0.2) is 5.06 Å². The molecule has 134 valence electrons. The van der Waals surface area contributed by atoms with Gasteiger partial charge in [0, 0.05) is 18.5 Å². The Labute approximate surface area is 148 Å². The van der Waals surface area contributed by atoms with Gasteiger partial charge in [0.2, 0.25) is 11.8 Å². The molecule has 5 nitrogen and oxygen atoms in total. The minimum absolute atomic E-state index is 0.0727. The normalized spacial score (nSPS) is 24.1. The lowest BCUT2D eigenvalue weighted by molar-refractivity contribution is -0.183. The van der Waals surface area contributed by atoms with Gasteiger partial charge in [-0.05, 0) is 44.1 Å². The molecule has 3 fully saturated rings. The maximum Gasteiger partial charge on any atom is 0.247 e. The highest BCUT2D eigenvalue weighted by Crippen LogP contribution is 2.36. The Morgan fingerprint density at radius 1 is 1.08 bits per heavy atom. The molecule has 0 aromatic heterocycles. The van der Waals surface area contributed by atoms with Crippen molar-refractivity contribution < 1.29 is 14.4 Å². The average molecular weight is 342 g/mol. The number of benzene rings is 1. The third-order valence-electron chi connectivity index (χ3n) is 5.86. The van der Waals surface area contributed by atoms with Crippen molar-refractivity contribution in [3.8, 4) is 0 Å². The number of rotatable bonds is 6. The Morgan fingerprint density at radius 3 is 2.28 bits per heavy atom. The standard InChI is InChI=1S/C20H26N2O3/c23-19-12-16(13-21(19)25-14-15-6-2-1-3-7-15)20(24)22(17-8-4-9-17)18-10-5-11-18/h1-3,6-7,16-18H,4-5,8-14H2. The highest BCUT2D eigenvalue weighted by molar-refractivity contribution is 5.89. The fourth-order valence-corrected chi connectivity index (χ4v) is 3.89. The van der Waals surface area contributed by atoms with Crippen molar-refractivity contribution in [3.05, 3.63) is 35.9 Å². The predicted molar refractivity (Wildman–Crippen MR) is 93.2 cm³/mol. The zero-order valence-corrected chi connectivity index (χ0v) is 14.6. The Hall–Kier alpha value is -1.88. The first-order chi connectivity index (χ1) is 12.2. The van der Waals surface area contributed by atoms with Crippen molar-refractivity contribution in [2.75, 3.05) is 6.54 Å². The van der Waals surface area contributed by atoms with Crippen molar-refractivity contribution in [3.63, 3.8) is 0 Å². The molecule has 1 saturated heterocycles. The molecule has 2 aliphatic carbocycles. The summed E-state index contributed by atoms with van der Waals surface area (Å²) in [6, 6.07) is 10.6. The summed E-state index contributed by atoms with van der Waals surface area (Å²) < 4.78 is 0. The molecular formula is C20H26N2O3. The van der Waals surface area contributed by atoms with Crippen LogP contribution >= 0.6 is 0 Å². The minimum atomic E-state index is -0.246. The van der Waals surface area contributed by atoms with E-state index in [1.807, 2.05) is 30.3 Å². The van der Waals surface area contributed by atoms with Gasteiger partial charge in [0.05, 0.1) is 12.5 Å². The van der Waals surface area contributed by atoms with Gasteiger partial charge in [0.15, 0.2) is 0 Å². The monoisotopic (exact) mass is 342 g/mol. The van der Waals surface area contributed by atoms with Crippen LogP contribution in [-0.2, 0) is 21.0 Å². The number of hydrogen-bond donors (Lipinski definition) is 0. The van der Waals surface area contributed by atoms with Gasteiger partial charge in [-0.15, -0.1) is 0 Å². The van der Waals surface area contributed by atoms with Crippen molar-refractivity contribution in [2.45, 2.75) is 63.6 Å². The maximum atomic E-state index is 13.1. The molecule has 1 unspecified atom stereocenters. The van der Waals surface area contributed by atoms with Gasteiger partial charge < -0.3 is 4.90 Å². The van der Waals surface area contributed by atoms with E-state index in [-0.39, 0.29) is 24.2 Å². The van der Waals surface area contributed by atoms with E-state index in [4.69, 9.17) is 4.84 Å². The van der Waals surface area contributed by atoms with Crippen LogP contribution in [0.3, 0.4) is 0 Å². The van der Waals surface area contributed by atoms with Crippen LogP contribution in [0.25, 0.3) is 0 Å². The zero-order valence-electron chi connectivity index (χ0n) is 14.6. The zero-order chi connectivity index (χ0) is 17.2. The molecule has 0 bridgehead atoms. The third kappa shape index (κ3) is 3.43. The second-order valence-electron chi connectivity index (χ2n) is 7.53. The Kier molecular flexibility index (Phi) is 4.75. The second kappa shape index (κ2) is 7.16. The lowest BCUT2D eigenvalue weighted by atomic mass is 9.83. The van der Waals surface area contributed by atoms with Crippen LogP contribution in [0.15, 0.2) is 30.3 Å². The fourth-order valence-electron chi connectivity index (χ4n) is 3.89. The van der Waals surface area contributed by atoms with Crippen molar-refractivity contribution in [2.24, 2.45) is 5.92 Å². The van der Waals surface area contributed by atoms with Gasteiger partial charge in [0.25, 0.3) is 0 Å². The minimum Gasteiger partial charge on any atom is -0.336 e. The van der Waals surface area contributed by atoms with Gasteiger partial charge in [-0.1, -0.05) is 30.3 Å². The molecule has 1 atom stereocenters. The summed E-state index contributed by atoms with van der Waals surface area (Å²) in [6.07, 6.45) is 7.21. The van der Waals surface area contributed by atoms with Gasteiger partial charge in [-0.2, -0.15) is 0 Å². The van der Waals surface area contributed by atoms with Gasteiger partial charge in [0.1, 0.15) is 6.61 Å². The topological polar surface area (TPSA) is 49.9 Å². The number of hydroxylamine groups is 2. The lowest BCUT2D eigenvalue weighted by Crippen LogP contribution is -2.54. The maximum absolute atomic E-state index is 13.1. The van der Waals surface area contributed by atoms with Crippen LogP contribution in [0.4, 0.5) is 0 Å². The molecule has 2 amide bonds. The molecule has 4 rings (SSSR count). The molecule has 1 aliphatic heterocycles. The largest absolute Gasteiger partial charge is 0.336 e. The van der Waals surface area contributed by atoms with Crippen LogP contribution in [0.1, 0.15) is 50.5 Å². The first kappa shape index (κ1) is 16.6. The van der Waals surface area contributed by atoms with Crippen molar-refractivity contribution in [1.29, 1.82) is 0 Å². The average Bonchev–Trinajstić information content (AvgIpc) is 2.90. The van der Waals surface area contributed by atoms with Crippen LogP contribution in [0.5, 0.6) is 0 Å². The summed E-state index contributed by atoms with van der Waals surface area (Å²) in [5.41, 5.74) is 1.02. The molecule has 2 saturated carbocycles. The number of carbonyl (C=O) groups is 2. The van der Waals surface area contributed by atoms with Crippen LogP contribution in [0, 0.1) is 5.92 Å². The van der Waals surface area contributed by atoms with E-state index < -0.39 is 0 Å². The molecular weight excluding hydrogens is 316 g/mol. The van der Waals surface area contributed by atoms with E-state index in [2.05, 4.69) is 4.90 Å². The molecule has 0 spiro atoms. The second-order valence-corrected chi connectivity index (χ2v) is 7.53. The fraction of sp³-hybridized carbons (Fsp3) is 0.600. The Balaban J connectivity index is 1.36. The predicted octanol–water partition coefficient (Wildman–Crippen LogP) is 2.90. The molecule has 1 aromatic carbocycles. The quantitative estimate of drug-likeness (QED) is 0.799. The molecule has 0 radical (unpaired) electrons. The molecule has 5 heteroatoms. The van der Waals surface area contributed by atoms with Gasteiger partial charge in [-0.3, -0.25) is 14.4 Å². The molecule has 25 heavy (non-hydrogen) atoms. The summed E-state index contributed by atoms with van der Waals surface area (Å²) in [4.78, 5) is 33.1. The highest BCUT2D eigenvalue weighted by atomic mass is 16.7. The molecule has 1 aromatic rings. The lowest BCUT2D eigenvalue weighted by Gasteiger charge is -2.47.